The van der Waals surface area contributed by atoms with Crippen molar-refractivity contribution < 1.29 is 81.1 Å². The van der Waals surface area contributed by atoms with Crippen LogP contribution in [0.5, 0.6) is 11.5 Å². The average Bonchev–Trinajstić information content (AvgIpc) is 3.39. The molecule has 4 heterocycles. The largest absolute Gasteiger partial charge is 1.00 e. The van der Waals surface area contributed by atoms with Gasteiger partial charge in [0.2, 0.25) is 0 Å². The fourth-order valence-corrected chi connectivity index (χ4v) is 10.4. The average molecular weight is 935 g/mol. The van der Waals surface area contributed by atoms with Gasteiger partial charge in [-0.05, 0) is 37.1 Å². The van der Waals surface area contributed by atoms with Crippen molar-refractivity contribution in [3.8, 4) is 11.5 Å². The molecule has 4 fully saturated rings. The monoisotopic (exact) mass is 932 g/mol. The first-order valence-electron chi connectivity index (χ1n) is 21.6. The summed E-state index contributed by atoms with van der Waals surface area (Å²) in [5, 5.41) is 0. The summed E-state index contributed by atoms with van der Waals surface area (Å²) in [6.07, 6.45) is 15.6. The molecule has 0 spiro atoms. The third-order valence-electron chi connectivity index (χ3n) is 13.6. The third-order valence-corrected chi connectivity index (χ3v) is 13.6. The SMILES string of the molecule is CCC(=O)Oc1cccc(C[N+]2(C)[C@@H]3CC[C@H]2CC(OC(=O)CCCCCCCCC(=O)OC2C[C@H]4CC[C@@H](C2)[N+]4(C)Cc2cccc(OC(=O)CC)c2)C3)c1.[Br-].[Br-]. The molecule has 2 aromatic carbocycles. The molecule has 58 heavy (non-hydrogen) atoms. The van der Waals surface area contributed by atoms with Crippen molar-refractivity contribution in [3.63, 3.8) is 0 Å². The van der Waals surface area contributed by atoms with E-state index in [0.29, 0.717) is 61.3 Å². The zero-order valence-corrected chi connectivity index (χ0v) is 38.3. The number of rotatable bonds is 19. The molecule has 4 aliphatic rings. The smallest absolute Gasteiger partial charge is 0.310 e. The molecule has 4 bridgehead atoms. The number of esters is 4. The second-order valence-corrected chi connectivity index (χ2v) is 17.5. The first kappa shape index (κ1) is 47.9. The van der Waals surface area contributed by atoms with Crippen molar-refractivity contribution in [2.24, 2.45) is 0 Å². The fraction of sp³-hybridized carbons (Fsp3) is 0.652. The van der Waals surface area contributed by atoms with Crippen LogP contribution in [0, 0.1) is 0 Å². The maximum Gasteiger partial charge on any atom is 0.310 e. The Labute approximate surface area is 367 Å². The number of carbonyl (C=O) groups excluding carboxylic acids is 4. The van der Waals surface area contributed by atoms with Crippen molar-refractivity contribution in [3.05, 3.63) is 59.7 Å². The molecule has 0 radical (unpaired) electrons. The zero-order chi connectivity index (χ0) is 39.7. The van der Waals surface area contributed by atoms with Crippen molar-refractivity contribution in [2.75, 3.05) is 14.1 Å². The number of unbranched alkanes of at least 4 members (excludes halogenated alkanes) is 5. The van der Waals surface area contributed by atoms with E-state index in [1.165, 1.54) is 11.1 Å². The molecule has 0 aliphatic carbocycles. The van der Waals surface area contributed by atoms with E-state index in [4.69, 9.17) is 18.9 Å². The zero-order valence-electron chi connectivity index (χ0n) is 35.1. The maximum atomic E-state index is 12.8. The van der Waals surface area contributed by atoms with E-state index in [1.807, 2.05) is 36.4 Å². The van der Waals surface area contributed by atoms with Gasteiger partial charge in [-0.25, -0.2) is 0 Å². The van der Waals surface area contributed by atoms with Gasteiger partial charge in [0, 0.05) is 88.2 Å². The lowest BCUT2D eigenvalue weighted by Crippen LogP contribution is -3.00. The Morgan fingerprint density at radius 1 is 0.534 bits per heavy atom. The summed E-state index contributed by atoms with van der Waals surface area (Å²) in [5.74, 6) is 0.631. The topological polar surface area (TPSA) is 105 Å². The molecule has 4 aliphatic heterocycles. The Morgan fingerprint density at radius 2 is 0.879 bits per heavy atom. The van der Waals surface area contributed by atoms with Crippen LogP contribution in [0.3, 0.4) is 0 Å². The molecule has 0 amide bonds. The van der Waals surface area contributed by atoms with Gasteiger partial charge < -0.3 is 61.9 Å². The van der Waals surface area contributed by atoms with Crippen LogP contribution in [0.2, 0.25) is 0 Å². The highest BCUT2D eigenvalue weighted by molar-refractivity contribution is 5.72. The maximum absolute atomic E-state index is 12.8. The quantitative estimate of drug-likeness (QED) is 0.0918. The minimum absolute atomic E-state index is 0. The number of benzene rings is 2. The van der Waals surface area contributed by atoms with Crippen LogP contribution in [0.4, 0.5) is 0 Å². The van der Waals surface area contributed by atoms with Gasteiger partial charge in [0.1, 0.15) is 36.8 Å². The number of halogens is 2. The molecule has 10 nitrogen and oxygen atoms in total. The van der Waals surface area contributed by atoms with E-state index < -0.39 is 0 Å². The number of piperidine rings is 2. The molecular weight excluding hydrogens is 868 g/mol. The Bertz CT molecular complexity index is 1540. The van der Waals surface area contributed by atoms with Crippen molar-refractivity contribution in [2.45, 2.75) is 179 Å². The molecule has 12 heteroatoms. The van der Waals surface area contributed by atoms with E-state index in [0.717, 1.165) is 112 Å². The second kappa shape index (κ2) is 22.2. The molecule has 322 valence electrons. The summed E-state index contributed by atoms with van der Waals surface area (Å²) in [5.41, 5.74) is 2.34. The summed E-state index contributed by atoms with van der Waals surface area (Å²) >= 11 is 0. The van der Waals surface area contributed by atoms with Crippen LogP contribution in [-0.4, -0.2) is 83.3 Å². The van der Waals surface area contributed by atoms with Crippen LogP contribution >= 0.6 is 0 Å². The minimum atomic E-state index is -0.222. The molecule has 0 saturated carbocycles. The molecular formula is C46H66Br2N2O8. The van der Waals surface area contributed by atoms with Crippen molar-refractivity contribution in [1.29, 1.82) is 0 Å². The number of carbonyl (C=O) groups is 4. The first-order chi connectivity index (χ1) is 27.0. The van der Waals surface area contributed by atoms with Gasteiger partial charge in [-0.2, -0.15) is 0 Å². The minimum Gasteiger partial charge on any atom is -1.00 e. The van der Waals surface area contributed by atoms with Crippen LogP contribution in [0.25, 0.3) is 0 Å². The number of quaternary nitrogens is 2. The van der Waals surface area contributed by atoms with E-state index in [9.17, 15) is 19.2 Å². The summed E-state index contributed by atoms with van der Waals surface area (Å²) in [6, 6.07) is 17.6. The summed E-state index contributed by atoms with van der Waals surface area (Å²) in [6.45, 7) is 5.37. The first-order valence-corrected chi connectivity index (χ1v) is 21.6. The lowest BCUT2D eigenvalue weighted by atomic mass is 9.95. The van der Waals surface area contributed by atoms with Gasteiger partial charge in [0.05, 0.1) is 38.3 Å². The van der Waals surface area contributed by atoms with Gasteiger partial charge in [0.15, 0.2) is 0 Å². The normalized spacial score (nSPS) is 28.1. The predicted octanol–water partition coefficient (Wildman–Crippen LogP) is 2.51. The fourth-order valence-electron chi connectivity index (χ4n) is 10.4. The number of nitrogens with zero attached hydrogens (tertiary/aromatic N) is 2. The highest BCUT2D eigenvalue weighted by Crippen LogP contribution is 2.45. The standard InChI is InChI=1S/C46H66N2O8.2BrH/c1-5-43(49)53-39-17-13-15-33(25-39)31-47(3)35-21-22-36(47)28-41(27-35)55-45(51)19-11-9-7-8-10-12-20-46(52)56-42-29-37-23-24-38(30-42)48(37,4)32-34-16-14-18-40(26-34)54-44(50)6-2;;/h13-18,25-26,35-38,41-42H,5-12,19-24,27-32H2,1-4H3;2*1H/q+2;;/p-2/t35-,36+,37-,38+,41?,42?,47?,48?;;. The van der Waals surface area contributed by atoms with E-state index in [-0.39, 0.29) is 70.0 Å². The van der Waals surface area contributed by atoms with Crippen molar-refractivity contribution >= 4 is 23.9 Å². The van der Waals surface area contributed by atoms with Crippen molar-refractivity contribution in [1.82, 2.24) is 0 Å². The molecule has 6 rings (SSSR count). The third kappa shape index (κ3) is 12.4. The van der Waals surface area contributed by atoms with E-state index >= 15 is 0 Å². The van der Waals surface area contributed by atoms with E-state index in [2.05, 4.69) is 26.2 Å². The number of fused-ring (bicyclic) bond motifs is 4. The van der Waals surface area contributed by atoms with Crippen LogP contribution in [-0.2, 0) is 41.7 Å². The Morgan fingerprint density at radius 3 is 1.22 bits per heavy atom. The number of ether oxygens (including phenoxy) is 4. The Kier molecular flexibility index (Phi) is 18.3. The number of hydrogen-bond acceptors (Lipinski definition) is 8. The van der Waals surface area contributed by atoms with Crippen LogP contribution < -0.4 is 43.4 Å². The summed E-state index contributed by atoms with van der Waals surface area (Å²) in [4.78, 5) is 49.2. The molecule has 2 aromatic rings. The van der Waals surface area contributed by atoms with Gasteiger partial charge >= 0.3 is 23.9 Å². The highest BCUT2D eigenvalue weighted by atomic mass is 79.9. The predicted molar refractivity (Wildman–Crippen MR) is 213 cm³/mol. The molecule has 8 atom stereocenters. The lowest BCUT2D eigenvalue weighted by molar-refractivity contribution is -0.961. The van der Waals surface area contributed by atoms with Gasteiger partial charge in [-0.15, -0.1) is 0 Å². The number of hydrogen-bond donors (Lipinski definition) is 0. The molecule has 4 saturated heterocycles. The summed E-state index contributed by atoms with van der Waals surface area (Å²) < 4.78 is 24.9. The second-order valence-electron chi connectivity index (χ2n) is 17.5. The van der Waals surface area contributed by atoms with Gasteiger partial charge in [0.25, 0.3) is 0 Å². The molecule has 4 unspecified atom stereocenters. The van der Waals surface area contributed by atoms with Gasteiger partial charge in [-0.3, -0.25) is 19.2 Å². The Hall–Kier alpha value is -2.80. The Balaban J connectivity index is 0.00000372. The highest BCUT2D eigenvalue weighted by Gasteiger charge is 2.53. The summed E-state index contributed by atoms with van der Waals surface area (Å²) in [7, 11) is 4.67. The van der Waals surface area contributed by atoms with Crippen LogP contribution in [0.1, 0.15) is 141 Å². The van der Waals surface area contributed by atoms with Crippen LogP contribution in [0.15, 0.2) is 48.5 Å². The van der Waals surface area contributed by atoms with Gasteiger partial charge in [-0.1, -0.05) is 63.8 Å². The van der Waals surface area contributed by atoms with E-state index in [1.54, 1.807) is 13.8 Å². The lowest BCUT2D eigenvalue weighted by Gasteiger charge is -2.47. The molecule has 0 N–H and O–H groups in total. The molecule has 0 aromatic heterocycles.